The molecule has 4 rings (SSSR count). The number of carbonyl (C=O) groups excluding carboxylic acids is 2. The first-order valence-corrected chi connectivity index (χ1v) is 12.2. The van der Waals surface area contributed by atoms with Crippen LogP contribution in [0.3, 0.4) is 0 Å². The molecule has 0 bridgehead atoms. The number of thiophene rings is 1. The quantitative estimate of drug-likeness (QED) is 0.318. The maximum absolute atomic E-state index is 13.7. The van der Waals surface area contributed by atoms with Crippen molar-refractivity contribution >= 4 is 50.5 Å². The molecule has 0 aliphatic heterocycles. The fourth-order valence-corrected chi connectivity index (χ4v) is 5.17. The summed E-state index contributed by atoms with van der Waals surface area (Å²) in [5.41, 5.74) is 2.19. The van der Waals surface area contributed by atoms with Gasteiger partial charge in [0.25, 0.3) is 0 Å². The van der Waals surface area contributed by atoms with Crippen molar-refractivity contribution in [1.29, 1.82) is 0 Å². The number of nitrogens with one attached hydrogen (secondary N) is 1. The van der Waals surface area contributed by atoms with E-state index in [1.54, 1.807) is 18.2 Å². The van der Waals surface area contributed by atoms with Gasteiger partial charge in [-0.25, -0.2) is 0 Å². The molecule has 0 radical (unpaired) electrons. The van der Waals surface area contributed by atoms with Crippen LogP contribution in [0, 0.1) is 12.3 Å². The van der Waals surface area contributed by atoms with Gasteiger partial charge in [-0.15, -0.1) is 17.8 Å². The zero-order valence-corrected chi connectivity index (χ0v) is 20.6. The van der Waals surface area contributed by atoms with Gasteiger partial charge in [0.05, 0.1) is 12.1 Å². The van der Waals surface area contributed by atoms with E-state index in [1.807, 2.05) is 60.0 Å². The maximum Gasteiger partial charge on any atom is 0.303 e. The summed E-state index contributed by atoms with van der Waals surface area (Å²) in [5, 5.41) is 6.08. The minimum atomic E-state index is -0.991. The molecule has 7 heteroatoms. The fourth-order valence-electron chi connectivity index (χ4n) is 3.94. The molecule has 1 N–H and O–H groups in total. The number of halogens is 1. The van der Waals surface area contributed by atoms with Crippen LogP contribution in [0.2, 0.25) is 5.02 Å². The number of nitrogens with zero attached hydrogens (tertiary/aromatic N) is 1. The summed E-state index contributed by atoms with van der Waals surface area (Å²) in [6, 6.07) is 21.5. The van der Waals surface area contributed by atoms with Crippen LogP contribution in [-0.2, 0) is 16.0 Å². The summed E-state index contributed by atoms with van der Waals surface area (Å²) in [7, 11) is 1.51. The molecule has 176 valence electrons. The molecular formula is C28H23ClN2O3S. The number of rotatable bonds is 8. The lowest BCUT2D eigenvalue weighted by molar-refractivity contribution is -0.125. The predicted octanol–water partition coefficient (Wildman–Crippen LogP) is 5.63. The number of ether oxygens (including phenoxy) is 1. The lowest BCUT2D eigenvalue weighted by Gasteiger charge is -2.30. The van der Waals surface area contributed by atoms with Crippen molar-refractivity contribution in [2.75, 3.05) is 18.6 Å². The third-order valence-corrected chi connectivity index (χ3v) is 6.90. The Balaban J connectivity index is 1.75. The molecule has 0 saturated heterocycles. The minimum Gasteiger partial charge on any atom is -0.495 e. The Morgan fingerprint density at radius 1 is 1.11 bits per heavy atom. The van der Waals surface area contributed by atoms with Gasteiger partial charge in [0.1, 0.15) is 11.8 Å². The Bertz CT molecular complexity index is 1390. The van der Waals surface area contributed by atoms with Gasteiger partial charge in [0.15, 0.2) is 0 Å². The van der Waals surface area contributed by atoms with Crippen molar-refractivity contribution < 1.29 is 14.3 Å². The van der Waals surface area contributed by atoms with Crippen LogP contribution < -0.4 is 15.0 Å². The van der Waals surface area contributed by atoms with Gasteiger partial charge in [-0.05, 0) is 52.9 Å². The highest BCUT2D eigenvalue weighted by molar-refractivity contribution is 7.17. The van der Waals surface area contributed by atoms with E-state index in [2.05, 4.69) is 11.2 Å². The van der Waals surface area contributed by atoms with E-state index >= 15 is 0 Å². The summed E-state index contributed by atoms with van der Waals surface area (Å²) in [5.74, 6) is 1.65. The van der Waals surface area contributed by atoms with Crippen LogP contribution in [0.15, 0.2) is 78.2 Å². The number of carbonyl (C=O) groups is 2. The second-order valence-corrected chi connectivity index (χ2v) is 9.07. The van der Waals surface area contributed by atoms with Gasteiger partial charge in [0.2, 0.25) is 5.91 Å². The van der Waals surface area contributed by atoms with E-state index in [4.69, 9.17) is 22.8 Å². The smallest absolute Gasteiger partial charge is 0.303 e. The highest BCUT2D eigenvalue weighted by Crippen LogP contribution is 2.38. The molecule has 35 heavy (non-hydrogen) atoms. The summed E-state index contributed by atoms with van der Waals surface area (Å²) in [4.78, 5) is 28.1. The Morgan fingerprint density at radius 2 is 1.86 bits per heavy atom. The molecule has 1 unspecified atom stereocenters. The fraction of sp³-hybridized carbons (Fsp3) is 0.143. The number of benzene rings is 3. The third-order valence-electron chi connectivity index (χ3n) is 5.62. The van der Waals surface area contributed by atoms with Gasteiger partial charge in [0, 0.05) is 22.5 Å². The van der Waals surface area contributed by atoms with E-state index in [0.717, 1.165) is 15.6 Å². The number of methoxy groups -OCH3 is 1. The molecule has 0 fully saturated rings. The normalized spacial score (nSPS) is 11.5. The maximum atomic E-state index is 13.7. The van der Waals surface area contributed by atoms with Crippen LogP contribution in [0.5, 0.6) is 5.75 Å². The molecule has 2 amide bonds. The first kappa shape index (κ1) is 24.3. The second kappa shape index (κ2) is 11.1. The molecule has 0 aliphatic rings. The number of anilines is 1. The van der Waals surface area contributed by atoms with Gasteiger partial charge < -0.3 is 10.1 Å². The Kier molecular flexibility index (Phi) is 7.71. The molecule has 0 spiro atoms. The minimum absolute atomic E-state index is 0.304. The Morgan fingerprint density at radius 3 is 2.57 bits per heavy atom. The Labute approximate surface area is 213 Å². The highest BCUT2D eigenvalue weighted by Gasteiger charge is 2.34. The largest absolute Gasteiger partial charge is 0.495 e. The van der Waals surface area contributed by atoms with Crippen molar-refractivity contribution in [2.24, 2.45) is 0 Å². The monoisotopic (exact) mass is 502 g/mol. The summed E-state index contributed by atoms with van der Waals surface area (Å²) >= 11 is 7.87. The van der Waals surface area contributed by atoms with Crippen molar-refractivity contribution in [3.8, 4) is 18.1 Å². The molecule has 1 aromatic heterocycles. The van der Waals surface area contributed by atoms with Gasteiger partial charge in [-0.1, -0.05) is 60.1 Å². The zero-order valence-electron chi connectivity index (χ0n) is 19.0. The topological polar surface area (TPSA) is 58.6 Å². The lowest BCUT2D eigenvalue weighted by atomic mass is 10.0. The van der Waals surface area contributed by atoms with E-state index < -0.39 is 11.9 Å². The first-order valence-electron chi connectivity index (χ1n) is 10.9. The summed E-state index contributed by atoms with van der Waals surface area (Å²) in [6.07, 6.45) is 6.21. The molecule has 3 aromatic carbocycles. The molecule has 5 nitrogen and oxygen atoms in total. The zero-order chi connectivity index (χ0) is 24.8. The third kappa shape index (κ3) is 5.32. The standard InChI is InChI=1S/C28H23ClN2O3S/c1-3-26(32)31(20-13-14-24(34-2)23(29)17-20)27(22-18-35-25-12-8-7-11-21(22)25)28(33)30-16-15-19-9-5-4-6-10-19/h1,4-14,17-18,27H,15-16H2,2H3,(H,30,33). The molecule has 1 heterocycles. The number of amides is 2. The predicted molar refractivity (Wildman–Crippen MR) is 142 cm³/mol. The molecule has 4 aromatic rings. The van der Waals surface area contributed by atoms with Crippen LogP contribution in [-0.4, -0.2) is 25.5 Å². The van der Waals surface area contributed by atoms with E-state index in [0.29, 0.717) is 35.0 Å². The van der Waals surface area contributed by atoms with Gasteiger partial charge in [-0.3, -0.25) is 14.5 Å². The summed E-state index contributed by atoms with van der Waals surface area (Å²) < 4.78 is 6.25. The van der Waals surface area contributed by atoms with Crippen molar-refractivity contribution in [3.05, 3.63) is 94.3 Å². The molecular weight excluding hydrogens is 480 g/mol. The SMILES string of the molecule is C#CC(=O)N(c1ccc(OC)c(Cl)c1)C(C(=O)NCCc1ccccc1)c1csc2ccccc12. The molecule has 0 aliphatic carbocycles. The second-order valence-electron chi connectivity index (χ2n) is 7.75. The first-order chi connectivity index (χ1) is 17.0. The number of fused-ring (bicyclic) bond motifs is 1. The van der Waals surface area contributed by atoms with Crippen molar-refractivity contribution in [2.45, 2.75) is 12.5 Å². The Hall–Kier alpha value is -3.79. The lowest BCUT2D eigenvalue weighted by Crippen LogP contribution is -2.44. The van der Waals surface area contributed by atoms with E-state index in [-0.39, 0.29) is 5.91 Å². The average molecular weight is 503 g/mol. The van der Waals surface area contributed by atoms with Crippen molar-refractivity contribution in [1.82, 2.24) is 5.32 Å². The van der Waals surface area contributed by atoms with Gasteiger partial charge >= 0.3 is 5.91 Å². The van der Waals surface area contributed by atoms with Crippen LogP contribution in [0.25, 0.3) is 10.1 Å². The van der Waals surface area contributed by atoms with E-state index in [1.165, 1.54) is 23.3 Å². The molecule has 1 atom stereocenters. The highest BCUT2D eigenvalue weighted by atomic mass is 35.5. The molecule has 0 saturated carbocycles. The van der Waals surface area contributed by atoms with Crippen LogP contribution in [0.1, 0.15) is 17.2 Å². The van der Waals surface area contributed by atoms with E-state index in [9.17, 15) is 9.59 Å². The van der Waals surface area contributed by atoms with Crippen molar-refractivity contribution in [3.63, 3.8) is 0 Å². The van der Waals surface area contributed by atoms with Gasteiger partial charge in [-0.2, -0.15) is 0 Å². The number of hydrogen-bond acceptors (Lipinski definition) is 4. The number of terminal acetylenes is 1. The average Bonchev–Trinajstić information content (AvgIpc) is 3.31. The van der Waals surface area contributed by atoms with Crippen LogP contribution in [0.4, 0.5) is 5.69 Å². The van der Waals surface area contributed by atoms with Crippen LogP contribution >= 0.6 is 22.9 Å². The number of hydrogen-bond donors (Lipinski definition) is 1. The summed E-state index contributed by atoms with van der Waals surface area (Å²) in [6.45, 7) is 0.406.